The second kappa shape index (κ2) is 9.76. The number of hydrogen-bond acceptors (Lipinski definition) is 4. The number of aryl methyl sites for hydroxylation is 1. The highest BCUT2D eigenvalue weighted by atomic mass is 16.5. The van der Waals surface area contributed by atoms with E-state index in [4.69, 9.17) is 14.6 Å². The summed E-state index contributed by atoms with van der Waals surface area (Å²) in [5.74, 6) is 0.882. The molecule has 0 unspecified atom stereocenters. The zero-order chi connectivity index (χ0) is 21.5. The highest BCUT2D eigenvalue weighted by Crippen LogP contribution is 2.29. The number of fused-ring (bicyclic) bond motifs is 1. The monoisotopic (exact) mass is 413 g/mol. The van der Waals surface area contributed by atoms with E-state index in [2.05, 4.69) is 35.3 Å². The third kappa shape index (κ3) is 5.60. The third-order valence-corrected chi connectivity index (χ3v) is 4.97. The van der Waals surface area contributed by atoms with Crippen LogP contribution in [0.3, 0.4) is 0 Å². The minimum Gasteiger partial charge on any atom is -0.493 e. The summed E-state index contributed by atoms with van der Waals surface area (Å²) >= 11 is 0. The second-order valence-corrected chi connectivity index (χ2v) is 7.21. The number of nitrogens with zero attached hydrogens (tertiary/aromatic N) is 1. The van der Waals surface area contributed by atoms with Gasteiger partial charge in [0.2, 0.25) is 5.88 Å². The molecule has 0 aliphatic heterocycles. The molecule has 0 bridgehead atoms. The van der Waals surface area contributed by atoms with Crippen molar-refractivity contribution < 1.29 is 19.4 Å². The quantitative estimate of drug-likeness (QED) is 0.383. The molecule has 0 aliphatic rings. The molecule has 1 heterocycles. The molecule has 3 aromatic carbocycles. The second-order valence-electron chi connectivity index (χ2n) is 7.21. The largest absolute Gasteiger partial charge is 0.493 e. The highest BCUT2D eigenvalue weighted by molar-refractivity contribution is 5.83. The fourth-order valence-corrected chi connectivity index (χ4v) is 3.38. The standard InChI is InChI=1S/C26H23NO4/c28-26(29)13-11-21-10-12-23(31-25-7-3-4-15-27-25)18-24(21)30-16-14-19-8-9-20-5-1-2-6-22(20)17-19/h1-10,12,15,17-18H,11,13-14,16H2,(H,28,29). The molecule has 5 nitrogen and oxygen atoms in total. The minimum absolute atomic E-state index is 0.0431. The van der Waals surface area contributed by atoms with Gasteiger partial charge in [0, 0.05) is 31.2 Å². The predicted octanol–water partition coefficient (Wildman–Crippen LogP) is 5.67. The molecule has 0 saturated carbocycles. The number of carbonyl (C=O) groups is 1. The summed E-state index contributed by atoms with van der Waals surface area (Å²) in [6, 6.07) is 25.6. The molecule has 0 fully saturated rings. The SMILES string of the molecule is O=C(O)CCc1ccc(Oc2ccccn2)cc1OCCc1ccc2ccccc2c1. The normalized spacial score (nSPS) is 10.7. The Balaban J connectivity index is 1.47. The van der Waals surface area contributed by atoms with E-state index in [9.17, 15) is 4.79 Å². The lowest BCUT2D eigenvalue weighted by molar-refractivity contribution is -0.136. The molecular weight excluding hydrogens is 390 g/mol. The average molecular weight is 413 g/mol. The predicted molar refractivity (Wildman–Crippen MR) is 120 cm³/mol. The van der Waals surface area contributed by atoms with Crippen LogP contribution in [0.25, 0.3) is 10.8 Å². The summed E-state index contributed by atoms with van der Waals surface area (Å²) in [6.07, 6.45) is 2.85. The number of pyridine rings is 1. The molecule has 1 aromatic heterocycles. The van der Waals surface area contributed by atoms with Gasteiger partial charge in [0.25, 0.3) is 0 Å². The molecule has 0 saturated heterocycles. The Hall–Kier alpha value is -3.86. The van der Waals surface area contributed by atoms with Crippen LogP contribution in [-0.2, 0) is 17.6 Å². The van der Waals surface area contributed by atoms with Crippen molar-refractivity contribution in [2.24, 2.45) is 0 Å². The Labute approximate surface area is 180 Å². The Morgan fingerprint density at radius 3 is 2.52 bits per heavy atom. The summed E-state index contributed by atoms with van der Waals surface area (Å²) in [6.45, 7) is 0.478. The van der Waals surface area contributed by atoms with Gasteiger partial charge < -0.3 is 14.6 Å². The van der Waals surface area contributed by atoms with E-state index >= 15 is 0 Å². The van der Waals surface area contributed by atoms with Gasteiger partial charge in [0.1, 0.15) is 11.5 Å². The summed E-state index contributed by atoms with van der Waals surface area (Å²) in [4.78, 5) is 15.2. The van der Waals surface area contributed by atoms with Crippen molar-refractivity contribution in [2.45, 2.75) is 19.3 Å². The number of carboxylic acid groups (broad SMARTS) is 1. The van der Waals surface area contributed by atoms with Gasteiger partial charge in [-0.3, -0.25) is 4.79 Å². The van der Waals surface area contributed by atoms with E-state index in [1.165, 1.54) is 16.3 Å². The van der Waals surface area contributed by atoms with Gasteiger partial charge in [0.05, 0.1) is 6.61 Å². The molecule has 5 heteroatoms. The van der Waals surface area contributed by atoms with Crippen molar-refractivity contribution in [1.29, 1.82) is 0 Å². The first-order valence-corrected chi connectivity index (χ1v) is 10.2. The van der Waals surface area contributed by atoms with Gasteiger partial charge in [-0.1, -0.05) is 54.6 Å². The lowest BCUT2D eigenvalue weighted by Crippen LogP contribution is -2.05. The van der Waals surface area contributed by atoms with Crippen LogP contribution in [0.4, 0.5) is 0 Å². The van der Waals surface area contributed by atoms with E-state index in [-0.39, 0.29) is 6.42 Å². The first-order valence-electron chi connectivity index (χ1n) is 10.2. The Kier molecular flexibility index (Phi) is 6.43. The number of aromatic nitrogens is 1. The maximum atomic E-state index is 11.0. The minimum atomic E-state index is -0.837. The fourth-order valence-electron chi connectivity index (χ4n) is 3.38. The zero-order valence-electron chi connectivity index (χ0n) is 17.0. The summed E-state index contributed by atoms with van der Waals surface area (Å²) in [5, 5.41) is 11.5. The summed E-state index contributed by atoms with van der Waals surface area (Å²) in [5.41, 5.74) is 2.03. The number of aliphatic carboxylic acids is 1. The summed E-state index contributed by atoms with van der Waals surface area (Å²) in [7, 11) is 0. The van der Waals surface area contributed by atoms with Crippen LogP contribution in [-0.4, -0.2) is 22.7 Å². The molecule has 0 radical (unpaired) electrons. The van der Waals surface area contributed by atoms with Crippen LogP contribution < -0.4 is 9.47 Å². The number of carboxylic acids is 1. The van der Waals surface area contributed by atoms with E-state index in [1.807, 2.05) is 36.4 Å². The molecule has 0 amide bonds. The van der Waals surface area contributed by atoms with Crippen molar-refractivity contribution in [1.82, 2.24) is 4.98 Å². The smallest absolute Gasteiger partial charge is 0.303 e. The Bertz CT molecular complexity index is 1170. The molecule has 0 spiro atoms. The summed E-state index contributed by atoms with van der Waals surface area (Å²) < 4.78 is 11.9. The fraction of sp³-hybridized carbons (Fsp3) is 0.154. The Morgan fingerprint density at radius 1 is 0.871 bits per heavy atom. The third-order valence-electron chi connectivity index (χ3n) is 4.97. The molecule has 0 aliphatic carbocycles. The molecule has 4 rings (SSSR count). The highest BCUT2D eigenvalue weighted by Gasteiger charge is 2.10. The first-order chi connectivity index (χ1) is 15.2. The van der Waals surface area contributed by atoms with Crippen molar-refractivity contribution in [3.05, 3.63) is 96.2 Å². The number of hydrogen-bond donors (Lipinski definition) is 1. The van der Waals surface area contributed by atoms with Crippen molar-refractivity contribution in [2.75, 3.05) is 6.61 Å². The van der Waals surface area contributed by atoms with Gasteiger partial charge in [0.15, 0.2) is 0 Å². The maximum Gasteiger partial charge on any atom is 0.303 e. The van der Waals surface area contributed by atoms with Gasteiger partial charge >= 0.3 is 5.97 Å². The maximum absolute atomic E-state index is 11.0. The lowest BCUT2D eigenvalue weighted by atomic mass is 10.1. The van der Waals surface area contributed by atoms with Crippen LogP contribution in [0.5, 0.6) is 17.4 Å². The lowest BCUT2D eigenvalue weighted by Gasteiger charge is -2.14. The number of rotatable bonds is 9. The van der Waals surface area contributed by atoms with Gasteiger partial charge in [-0.25, -0.2) is 4.98 Å². The molecule has 0 atom stereocenters. The van der Waals surface area contributed by atoms with Gasteiger partial charge in [-0.2, -0.15) is 0 Å². The van der Waals surface area contributed by atoms with E-state index in [0.29, 0.717) is 30.4 Å². The van der Waals surface area contributed by atoms with Gasteiger partial charge in [-0.05, 0) is 40.5 Å². The molecule has 156 valence electrons. The molecule has 4 aromatic rings. The number of ether oxygens (including phenoxy) is 2. The van der Waals surface area contributed by atoms with Crippen molar-refractivity contribution >= 4 is 16.7 Å². The van der Waals surface area contributed by atoms with E-state index in [1.54, 1.807) is 18.3 Å². The molecule has 31 heavy (non-hydrogen) atoms. The van der Waals surface area contributed by atoms with Crippen molar-refractivity contribution in [3.63, 3.8) is 0 Å². The van der Waals surface area contributed by atoms with Crippen molar-refractivity contribution in [3.8, 4) is 17.4 Å². The number of benzene rings is 3. The first kappa shape index (κ1) is 20.4. The van der Waals surface area contributed by atoms with E-state index < -0.39 is 5.97 Å². The van der Waals surface area contributed by atoms with E-state index in [0.717, 1.165) is 12.0 Å². The van der Waals surface area contributed by atoms with Crippen LogP contribution >= 0.6 is 0 Å². The van der Waals surface area contributed by atoms with Crippen LogP contribution in [0.15, 0.2) is 85.1 Å². The molecular formula is C26H23NO4. The topological polar surface area (TPSA) is 68.7 Å². The molecule has 1 N–H and O–H groups in total. The van der Waals surface area contributed by atoms with Crippen LogP contribution in [0.1, 0.15) is 17.5 Å². The Morgan fingerprint density at radius 2 is 1.71 bits per heavy atom. The average Bonchev–Trinajstić information content (AvgIpc) is 2.79. The zero-order valence-corrected chi connectivity index (χ0v) is 17.0. The van der Waals surface area contributed by atoms with Crippen LogP contribution in [0.2, 0.25) is 0 Å². The van der Waals surface area contributed by atoms with Crippen LogP contribution in [0, 0.1) is 0 Å². The van der Waals surface area contributed by atoms with Gasteiger partial charge in [-0.15, -0.1) is 0 Å².